The number of methoxy groups -OCH3 is 1. The molecule has 27 heavy (non-hydrogen) atoms. The molecule has 7 heteroatoms. The topological polar surface area (TPSA) is 64.6 Å². The average Bonchev–Trinajstić information content (AvgIpc) is 2.67. The number of ether oxygens (including phenoxy) is 2. The van der Waals surface area contributed by atoms with Gasteiger partial charge >= 0.3 is 5.97 Å². The van der Waals surface area contributed by atoms with Gasteiger partial charge in [-0.3, -0.25) is 4.79 Å². The molecule has 0 bridgehead atoms. The monoisotopic (exact) mass is 403 g/mol. The first kappa shape index (κ1) is 19.0. The van der Waals surface area contributed by atoms with Gasteiger partial charge in [0.2, 0.25) is 0 Å². The number of carbonyl (C=O) groups excluding carboxylic acids is 2. The number of anilines is 1. The van der Waals surface area contributed by atoms with Gasteiger partial charge in [-0.2, -0.15) is 0 Å². The molecule has 0 aliphatic heterocycles. The average molecular weight is 404 g/mol. The molecule has 0 saturated carbocycles. The van der Waals surface area contributed by atoms with Crippen LogP contribution in [0, 0.1) is 0 Å². The number of nitrogens with one attached hydrogen (secondary N) is 1. The third-order valence-electron chi connectivity index (χ3n) is 3.82. The normalized spacial score (nSPS) is 10.5. The maximum Gasteiger partial charge on any atom is 0.342 e. The lowest BCUT2D eigenvalue weighted by atomic mass is 10.1. The van der Waals surface area contributed by atoms with Crippen molar-refractivity contribution in [3.63, 3.8) is 0 Å². The first-order valence-corrected chi connectivity index (χ1v) is 8.72. The molecular weight excluding hydrogens is 389 g/mol. The van der Waals surface area contributed by atoms with Crippen molar-refractivity contribution >= 4 is 51.5 Å². The van der Waals surface area contributed by atoms with Gasteiger partial charge in [0.05, 0.1) is 17.8 Å². The lowest BCUT2D eigenvalue weighted by Crippen LogP contribution is -2.21. The minimum atomic E-state index is -0.662. The highest BCUT2D eigenvalue weighted by Gasteiger charge is 2.17. The molecule has 0 atom stereocenters. The summed E-state index contributed by atoms with van der Waals surface area (Å²) >= 11 is 11.9. The van der Waals surface area contributed by atoms with Gasteiger partial charge < -0.3 is 14.8 Å². The summed E-state index contributed by atoms with van der Waals surface area (Å²) in [7, 11) is 1.47. The predicted molar refractivity (Wildman–Crippen MR) is 106 cm³/mol. The van der Waals surface area contributed by atoms with Crippen molar-refractivity contribution in [2.45, 2.75) is 0 Å². The Morgan fingerprint density at radius 3 is 2.41 bits per heavy atom. The lowest BCUT2D eigenvalue weighted by molar-refractivity contribution is -0.119. The van der Waals surface area contributed by atoms with E-state index in [1.165, 1.54) is 13.2 Å². The molecule has 5 nitrogen and oxygen atoms in total. The van der Waals surface area contributed by atoms with Gasteiger partial charge in [-0.25, -0.2) is 4.79 Å². The summed E-state index contributed by atoms with van der Waals surface area (Å²) in [5, 5.41) is 5.10. The van der Waals surface area contributed by atoms with Crippen LogP contribution in [0.15, 0.2) is 54.6 Å². The Hall–Kier alpha value is -2.76. The lowest BCUT2D eigenvalue weighted by Gasteiger charge is -2.11. The van der Waals surface area contributed by atoms with Crippen LogP contribution in [-0.2, 0) is 9.53 Å². The molecule has 1 N–H and O–H groups in total. The SMILES string of the molecule is COc1cc2ccccc2cc1C(=O)OCC(=O)Nc1cc(Cl)ccc1Cl. The number of halogens is 2. The van der Waals surface area contributed by atoms with E-state index in [0.717, 1.165) is 10.8 Å². The molecule has 0 aliphatic carbocycles. The molecule has 0 radical (unpaired) electrons. The van der Waals surface area contributed by atoms with E-state index in [0.29, 0.717) is 21.5 Å². The fourth-order valence-electron chi connectivity index (χ4n) is 2.54. The summed E-state index contributed by atoms with van der Waals surface area (Å²) in [6, 6.07) is 15.6. The van der Waals surface area contributed by atoms with Gasteiger partial charge in [-0.1, -0.05) is 47.5 Å². The van der Waals surface area contributed by atoms with Crippen molar-refractivity contribution < 1.29 is 19.1 Å². The molecule has 0 unspecified atom stereocenters. The highest BCUT2D eigenvalue weighted by molar-refractivity contribution is 6.35. The van der Waals surface area contributed by atoms with Crippen LogP contribution < -0.4 is 10.1 Å². The Kier molecular flexibility index (Phi) is 5.84. The van der Waals surface area contributed by atoms with Crippen molar-refractivity contribution in [1.82, 2.24) is 0 Å². The van der Waals surface area contributed by atoms with Gasteiger partial charge in [0.15, 0.2) is 6.61 Å². The van der Waals surface area contributed by atoms with Gasteiger partial charge in [-0.15, -0.1) is 0 Å². The van der Waals surface area contributed by atoms with E-state index in [-0.39, 0.29) is 5.56 Å². The second-order valence-electron chi connectivity index (χ2n) is 5.65. The number of rotatable bonds is 5. The summed E-state index contributed by atoms with van der Waals surface area (Å²) in [6.07, 6.45) is 0. The molecule has 0 aliphatic rings. The zero-order valence-corrected chi connectivity index (χ0v) is 15.8. The highest BCUT2D eigenvalue weighted by Crippen LogP contribution is 2.27. The molecule has 3 aromatic carbocycles. The largest absolute Gasteiger partial charge is 0.496 e. The molecule has 138 valence electrons. The van der Waals surface area contributed by atoms with Crippen molar-refractivity contribution in [2.24, 2.45) is 0 Å². The minimum Gasteiger partial charge on any atom is -0.496 e. The fourth-order valence-corrected chi connectivity index (χ4v) is 2.87. The molecule has 0 aromatic heterocycles. The Balaban J connectivity index is 1.71. The third-order valence-corrected chi connectivity index (χ3v) is 4.39. The second kappa shape index (κ2) is 8.29. The summed E-state index contributed by atoms with van der Waals surface area (Å²) in [6.45, 7) is -0.475. The summed E-state index contributed by atoms with van der Waals surface area (Å²) < 4.78 is 10.4. The molecule has 3 rings (SSSR count). The first-order chi connectivity index (χ1) is 13.0. The first-order valence-electron chi connectivity index (χ1n) is 7.97. The van der Waals surface area contributed by atoms with Crippen molar-refractivity contribution in [3.8, 4) is 5.75 Å². The maximum atomic E-state index is 12.4. The van der Waals surface area contributed by atoms with Gasteiger partial charge in [0, 0.05) is 5.02 Å². The Bertz CT molecular complexity index is 1020. The van der Waals surface area contributed by atoms with Crippen LogP contribution in [0.4, 0.5) is 5.69 Å². The Morgan fingerprint density at radius 2 is 1.70 bits per heavy atom. The van der Waals surface area contributed by atoms with Crippen LogP contribution >= 0.6 is 23.2 Å². The summed E-state index contributed by atoms with van der Waals surface area (Å²) in [4.78, 5) is 24.5. The van der Waals surface area contributed by atoms with E-state index in [4.69, 9.17) is 32.7 Å². The van der Waals surface area contributed by atoms with Gasteiger partial charge in [0.1, 0.15) is 11.3 Å². The fraction of sp³-hybridized carbons (Fsp3) is 0.100. The highest BCUT2D eigenvalue weighted by atomic mass is 35.5. The molecular formula is C20H15Cl2NO4. The number of esters is 1. The second-order valence-corrected chi connectivity index (χ2v) is 6.49. The number of carbonyl (C=O) groups is 2. The van der Waals surface area contributed by atoms with E-state index in [1.807, 2.05) is 24.3 Å². The van der Waals surface area contributed by atoms with Crippen molar-refractivity contribution in [3.05, 3.63) is 70.2 Å². The van der Waals surface area contributed by atoms with E-state index in [2.05, 4.69) is 5.32 Å². The van der Waals surface area contributed by atoms with Crippen LogP contribution in [0.25, 0.3) is 10.8 Å². The molecule has 1 amide bonds. The van der Waals surface area contributed by atoms with E-state index in [9.17, 15) is 9.59 Å². The zero-order chi connectivity index (χ0) is 19.4. The minimum absolute atomic E-state index is 0.241. The van der Waals surface area contributed by atoms with Crippen LogP contribution in [0.2, 0.25) is 10.0 Å². The van der Waals surface area contributed by atoms with Crippen LogP contribution in [0.5, 0.6) is 5.75 Å². The Labute approximate surface area is 165 Å². The number of amides is 1. The number of hydrogen-bond acceptors (Lipinski definition) is 4. The molecule has 0 fully saturated rings. The molecule has 0 saturated heterocycles. The molecule has 3 aromatic rings. The van der Waals surface area contributed by atoms with Crippen LogP contribution in [-0.4, -0.2) is 25.6 Å². The van der Waals surface area contributed by atoms with E-state index < -0.39 is 18.5 Å². The van der Waals surface area contributed by atoms with Gasteiger partial charge in [-0.05, 0) is 41.1 Å². The van der Waals surface area contributed by atoms with Crippen molar-refractivity contribution in [2.75, 3.05) is 19.0 Å². The quantitative estimate of drug-likeness (QED) is 0.612. The van der Waals surface area contributed by atoms with E-state index in [1.54, 1.807) is 24.3 Å². The summed E-state index contributed by atoms with van der Waals surface area (Å²) in [5.74, 6) is -0.825. The predicted octanol–water partition coefficient (Wildman–Crippen LogP) is 4.95. The zero-order valence-electron chi connectivity index (χ0n) is 14.3. The van der Waals surface area contributed by atoms with Gasteiger partial charge in [0.25, 0.3) is 5.91 Å². The molecule has 0 spiro atoms. The summed E-state index contributed by atoms with van der Waals surface area (Å²) in [5.41, 5.74) is 0.582. The third kappa shape index (κ3) is 4.51. The van der Waals surface area contributed by atoms with Crippen molar-refractivity contribution in [1.29, 1.82) is 0 Å². The van der Waals surface area contributed by atoms with Crippen LogP contribution in [0.3, 0.4) is 0 Å². The van der Waals surface area contributed by atoms with E-state index >= 15 is 0 Å². The van der Waals surface area contributed by atoms with Crippen LogP contribution in [0.1, 0.15) is 10.4 Å². The smallest absolute Gasteiger partial charge is 0.342 e. The molecule has 0 heterocycles. The number of benzene rings is 3. The number of hydrogen-bond donors (Lipinski definition) is 1. The standard InChI is InChI=1S/C20H15Cl2NO4/c1-26-18-9-13-5-3-2-4-12(13)8-15(18)20(25)27-11-19(24)23-17-10-14(21)6-7-16(17)22/h2-10H,11H2,1H3,(H,23,24). The maximum absolute atomic E-state index is 12.4. The number of fused-ring (bicyclic) bond motifs is 1. The Morgan fingerprint density at radius 1 is 1.00 bits per heavy atom.